The summed E-state index contributed by atoms with van der Waals surface area (Å²) >= 11 is 0. The molecule has 1 heterocycles. The Hall–Kier alpha value is -3.02. The molecule has 1 N–H and O–H groups in total. The van der Waals surface area contributed by atoms with E-state index in [1.165, 1.54) is 5.56 Å². The fourth-order valence-electron chi connectivity index (χ4n) is 3.51. The number of carbonyl (C=O) groups excluding carboxylic acids is 2. The summed E-state index contributed by atoms with van der Waals surface area (Å²) in [6.07, 6.45) is 2.06. The van der Waals surface area contributed by atoms with Gasteiger partial charge in [0, 0.05) is 0 Å². The van der Waals surface area contributed by atoms with Gasteiger partial charge in [0.2, 0.25) is 6.10 Å². The third-order valence-electron chi connectivity index (χ3n) is 4.82. The standard InChI is InChI=1S/C21H21NO5/c23-20(22-16-9-5-7-14-6-1-2-8-15(14)16)13-26-21(24)19-12-25-17-10-3-4-11-18(17)27-19/h1-4,6,8,10-11,16,19H,5,7,9,12-13H2,(H,22,23)/t16-,19-/m1/s1. The average Bonchev–Trinajstić information content (AvgIpc) is 2.72. The summed E-state index contributed by atoms with van der Waals surface area (Å²) in [4.78, 5) is 24.4. The summed E-state index contributed by atoms with van der Waals surface area (Å²) in [6.45, 7) is -0.271. The van der Waals surface area contributed by atoms with Gasteiger partial charge in [-0.3, -0.25) is 4.79 Å². The zero-order valence-electron chi connectivity index (χ0n) is 14.9. The molecule has 0 saturated carbocycles. The molecule has 1 aliphatic carbocycles. The van der Waals surface area contributed by atoms with Gasteiger partial charge < -0.3 is 19.5 Å². The summed E-state index contributed by atoms with van der Waals surface area (Å²) in [5, 5.41) is 2.96. The molecule has 0 radical (unpaired) electrons. The number of amides is 1. The number of esters is 1. The van der Waals surface area contributed by atoms with Crippen LogP contribution >= 0.6 is 0 Å². The topological polar surface area (TPSA) is 73.9 Å². The highest BCUT2D eigenvalue weighted by Gasteiger charge is 2.29. The maximum atomic E-state index is 12.2. The maximum absolute atomic E-state index is 12.2. The molecular weight excluding hydrogens is 346 g/mol. The van der Waals surface area contributed by atoms with Crippen LogP contribution in [0.3, 0.4) is 0 Å². The van der Waals surface area contributed by atoms with E-state index in [9.17, 15) is 9.59 Å². The number of fused-ring (bicyclic) bond motifs is 2. The van der Waals surface area contributed by atoms with Gasteiger partial charge in [-0.25, -0.2) is 4.79 Å². The number of ether oxygens (including phenoxy) is 3. The molecule has 2 aromatic rings. The molecule has 6 nitrogen and oxygen atoms in total. The van der Waals surface area contributed by atoms with E-state index in [0.717, 1.165) is 24.8 Å². The van der Waals surface area contributed by atoms with E-state index >= 15 is 0 Å². The molecule has 1 amide bonds. The van der Waals surface area contributed by atoms with Gasteiger partial charge in [-0.1, -0.05) is 36.4 Å². The SMILES string of the molecule is O=C(COC(=O)[C@H]1COc2ccccc2O1)N[C@@H]1CCCc2ccccc21. The van der Waals surface area contributed by atoms with Crippen molar-refractivity contribution in [2.24, 2.45) is 0 Å². The highest BCUT2D eigenvalue weighted by Crippen LogP contribution is 2.31. The Morgan fingerprint density at radius 3 is 2.74 bits per heavy atom. The van der Waals surface area contributed by atoms with Crippen LogP contribution in [0.15, 0.2) is 48.5 Å². The number of carbonyl (C=O) groups is 2. The van der Waals surface area contributed by atoms with Crippen LogP contribution in [-0.2, 0) is 20.7 Å². The largest absolute Gasteiger partial charge is 0.485 e. The molecule has 4 rings (SSSR count). The lowest BCUT2D eigenvalue weighted by Gasteiger charge is -2.27. The molecule has 1 aliphatic heterocycles. The smallest absolute Gasteiger partial charge is 0.351 e. The van der Waals surface area contributed by atoms with Crippen molar-refractivity contribution >= 4 is 11.9 Å². The third-order valence-corrected chi connectivity index (χ3v) is 4.82. The van der Waals surface area contributed by atoms with Gasteiger partial charge in [0.15, 0.2) is 18.1 Å². The maximum Gasteiger partial charge on any atom is 0.351 e. The van der Waals surface area contributed by atoms with E-state index in [4.69, 9.17) is 14.2 Å². The lowest BCUT2D eigenvalue weighted by Crippen LogP contribution is -2.40. The predicted molar refractivity (Wildman–Crippen MR) is 97.6 cm³/mol. The summed E-state index contributed by atoms with van der Waals surface area (Å²) in [7, 11) is 0. The van der Waals surface area contributed by atoms with Crippen LogP contribution in [0, 0.1) is 0 Å². The molecular formula is C21H21NO5. The molecule has 0 saturated heterocycles. The second-order valence-electron chi connectivity index (χ2n) is 6.68. The van der Waals surface area contributed by atoms with Crippen LogP contribution < -0.4 is 14.8 Å². The molecule has 27 heavy (non-hydrogen) atoms. The molecule has 2 aliphatic rings. The van der Waals surface area contributed by atoms with Crippen molar-refractivity contribution in [1.82, 2.24) is 5.32 Å². The first kappa shape index (κ1) is 17.4. The highest BCUT2D eigenvalue weighted by molar-refractivity contribution is 5.82. The Bertz CT molecular complexity index is 850. The second-order valence-corrected chi connectivity index (χ2v) is 6.68. The molecule has 6 heteroatoms. The van der Waals surface area contributed by atoms with E-state index in [1.807, 2.05) is 24.3 Å². The van der Waals surface area contributed by atoms with E-state index in [2.05, 4.69) is 11.4 Å². The van der Waals surface area contributed by atoms with Crippen molar-refractivity contribution in [2.45, 2.75) is 31.4 Å². The number of nitrogens with one attached hydrogen (secondary N) is 1. The van der Waals surface area contributed by atoms with Gasteiger partial charge in [-0.15, -0.1) is 0 Å². The van der Waals surface area contributed by atoms with Crippen molar-refractivity contribution in [3.8, 4) is 11.5 Å². The Labute approximate surface area is 157 Å². The monoisotopic (exact) mass is 367 g/mol. The first-order valence-corrected chi connectivity index (χ1v) is 9.13. The van der Waals surface area contributed by atoms with Crippen LogP contribution in [0.5, 0.6) is 11.5 Å². The summed E-state index contributed by atoms with van der Waals surface area (Å²) < 4.78 is 16.2. The Morgan fingerprint density at radius 1 is 1.07 bits per heavy atom. The normalized spacial score (nSPS) is 20.3. The van der Waals surface area contributed by atoms with E-state index in [0.29, 0.717) is 11.5 Å². The zero-order valence-corrected chi connectivity index (χ0v) is 14.9. The summed E-state index contributed by atoms with van der Waals surface area (Å²) in [6, 6.07) is 15.2. The molecule has 0 fully saturated rings. The Balaban J connectivity index is 1.29. The lowest BCUT2D eigenvalue weighted by atomic mass is 9.88. The first-order valence-electron chi connectivity index (χ1n) is 9.13. The minimum absolute atomic E-state index is 0.0395. The average molecular weight is 367 g/mol. The van der Waals surface area contributed by atoms with Crippen LogP contribution in [-0.4, -0.2) is 31.2 Å². The van der Waals surface area contributed by atoms with Crippen LogP contribution in [0.1, 0.15) is 30.0 Å². The van der Waals surface area contributed by atoms with Gasteiger partial charge in [0.1, 0.15) is 6.61 Å². The lowest BCUT2D eigenvalue weighted by molar-refractivity contribution is -0.157. The number of hydrogen-bond donors (Lipinski definition) is 1. The minimum atomic E-state index is -0.872. The molecule has 2 aromatic carbocycles. The molecule has 140 valence electrons. The Kier molecular flexibility index (Phi) is 4.96. The number of aryl methyl sites for hydroxylation is 1. The number of rotatable bonds is 4. The van der Waals surface area contributed by atoms with E-state index < -0.39 is 12.1 Å². The quantitative estimate of drug-likeness (QED) is 0.841. The second kappa shape index (κ2) is 7.70. The van der Waals surface area contributed by atoms with Gasteiger partial charge in [0.25, 0.3) is 5.91 Å². The zero-order chi connectivity index (χ0) is 18.6. The fraction of sp³-hybridized carbons (Fsp3) is 0.333. The van der Waals surface area contributed by atoms with Crippen molar-refractivity contribution < 1.29 is 23.8 Å². The minimum Gasteiger partial charge on any atom is -0.485 e. The number of para-hydroxylation sites is 2. The number of hydrogen-bond acceptors (Lipinski definition) is 5. The van der Waals surface area contributed by atoms with Crippen molar-refractivity contribution in [3.05, 3.63) is 59.7 Å². The third kappa shape index (κ3) is 3.89. The summed E-state index contributed by atoms with van der Waals surface area (Å²) in [5.41, 5.74) is 2.40. The van der Waals surface area contributed by atoms with Gasteiger partial charge in [0.05, 0.1) is 6.04 Å². The first-order chi connectivity index (χ1) is 13.2. The van der Waals surface area contributed by atoms with Crippen molar-refractivity contribution in [2.75, 3.05) is 13.2 Å². The molecule has 0 spiro atoms. The van der Waals surface area contributed by atoms with Crippen molar-refractivity contribution in [1.29, 1.82) is 0 Å². The molecule has 0 unspecified atom stereocenters. The summed E-state index contributed by atoms with van der Waals surface area (Å²) in [5.74, 6) is 0.162. The van der Waals surface area contributed by atoms with Crippen molar-refractivity contribution in [3.63, 3.8) is 0 Å². The van der Waals surface area contributed by atoms with Crippen LogP contribution in [0.4, 0.5) is 0 Å². The van der Waals surface area contributed by atoms with E-state index in [-0.39, 0.29) is 25.2 Å². The predicted octanol–water partition coefficient (Wildman–Crippen LogP) is 2.56. The molecule has 2 atom stereocenters. The Morgan fingerprint density at radius 2 is 1.85 bits per heavy atom. The fourth-order valence-corrected chi connectivity index (χ4v) is 3.51. The van der Waals surface area contributed by atoms with Crippen LogP contribution in [0.25, 0.3) is 0 Å². The number of benzene rings is 2. The van der Waals surface area contributed by atoms with Gasteiger partial charge >= 0.3 is 5.97 Å². The highest BCUT2D eigenvalue weighted by atomic mass is 16.6. The van der Waals surface area contributed by atoms with Crippen LogP contribution in [0.2, 0.25) is 0 Å². The van der Waals surface area contributed by atoms with Gasteiger partial charge in [-0.2, -0.15) is 0 Å². The van der Waals surface area contributed by atoms with Gasteiger partial charge in [-0.05, 0) is 42.5 Å². The molecule has 0 aromatic heterocycles. The molecule has 0 bridgehead atoms. The van der Waals surface area contributed by atoms with E-state index in [1.54, 1.807) is 18.2 Å².